The standard InChI is InChI=1S/C19H31N/c1-14(2)16-9-7-8-10-17(16)20-15-11-18(3,4)13-19(5,6)12-15/h7-10,14-15,20H,11-13H2,1-6H3. The maximum Gasteiger partial charge on any atom is 0.0377 e. The van der Waals surface area contributed by atoms with E-state index in [1.807, 2.05) is 0 Å². The molecule has 0 saturated heterocycles. The summed E-state index contributed by atoms with van der Waals surface area (Å²) in [5, 5.41) is 3.84. The Hall–Kier alpha value is -0.980. The van der Waals surface area contributed by atoms with Crippen LogP contribution in [0.3, 0.4) is 0 Å². The Morgan fingerprint density at radius 1 is 1.00 bits per heavy atom. The van der Waals surface area contributed by atoms with E-state index >= 15 is 0 Å². The monoisotopic (exact) mass is 273 g/mol. The maximum absolute atomic E-state index is 3.84. The van der Waals surface area contributed by atoms with Gasteiger partial charge in [0.1, 0.15) is 0 Å². The molecule has 112 valence electrons. The first-order chi connectivity index (χ1) is 9.19. The van der Waals surface area contributed by atoms with Crippen LogP contribution in [0.5, 0.6) is 0 Å². The van der Waals surface area contributed by atoms with Gasteiger partial charge in [-0.2, -0.15) is 0 Å². The molecule has 0 radical (unpaired) electrons. The number of nitrogens with one attached hydrogen (secondary N) is 1. The van der Waals surface area contributed by atoms with Crippen LogP contribution in [-0.2, 0) is 0 Å². The van der Waals surface area contributed by atoms with Gasteiger partial charge >= 0.3 is 0 Å². The van der Waals surface area contributed by atoms with Crippen molar-refractivity contribution in [1.82, 2.24) is 0 Å². The summed E-state index contributed by atoms with van der Waals surface area (Å²) in [6, 6.07) is 9.38. The molecule has 2 rings (SSSR count). The molecule has 0 bridgehead atoms. The average Bonchev–Trinajstić information content (AvgIpc) is 2.24. The van der Waals surface area contributed by atoms with E-state index in [9.17, 15) is 0 Å². The van der Waals surface area contributed by atoms with Gasteiger partial charge in [0, 0.05) is 11.7 Å². The number of para-hydroxylation sites is 1. The summed E-state index contributed by atoms with van der Waals surface area (Å²) in [7, 11) is 0. The van der Waals surface area contributed by atoms with Gasteiger partial charge in [0.2, 0.25) is 0 Å². The zero-order valence-electron chi connectivity index (χ0n) is 14.1. The Labute approximate surface area is 125 Å². The molecule has 1 aliphatic rings. The first-order valence-electron chi connectivity index (χ1n) is 8.04. The van der Waals surface area contributed by atoms with Crippen LogP contribution in [0.15, 0.2) is 24.3 Å². The van der Waals surface area contributed by atoms with Crippen molar-refractivity contribution in [2.45, 2.75) is 72.8 Å². The summed E-state index contributed by atoms with van der Waals surface area (Å²) in [6.45, 7) is 14.2. The Morgan fingerprint density at radius 3 is 2.10 bits per heavy atom. The van der Waals surface area contributed by atoms with Gasteiger partial charge in [-0.05, 0) is 47.6 Å². The molecule has 0 unspecified atom stereocenters. The molecule has 0 heterocycles. The summed E-state index contributed by atoms with van der Waals surface area (Å²) in [6.07, 6.45) is 3.86. The summed E-state index contributed by atoms with van der Waals surface area (Å²) in [5.74, 6) is 0.573. The minimum Gasteiger partial charge on any atom is -0.382 e. The van der Waals surface area contributed by atoms with Crippen LogP contribution in [0, 0.1) is 10.8 Å². The van der Waals surface area contributed by atoms with Crippen LogP contribution < -0.4 is 5.32 Å². The summed E-state index contributed by atoms with van der Waals surface area (Å²) in [4.78, 5) is 0. The first-order valence-corrected chi connectivity index (χ1v) is 8.04. The van der Waals surface area contributed by atoms with Crippen molar-refractivity contribution in [2.75, 3.05) is 5.32 Å². The van der Waals surface area contributed by atoms with E-state index in [0.717, 1.165) is 0 Å². The Kier molecular flexibility index (Phi) is 4.18. The number of benzene rings is 1. The van der Waals surface area contributed by atoms with Crippen molar-refractivity contribution in [3.63, 3.8) is 0 Å². The second-order valence-electron chi connectivity index (χ2n) is 8.50. The lowest BCUT2D eigenvalue weighted by atomic mass is 9.63. The molecule has 1 aromatic rings. The predicted molar refractivity (Wildman–Crippen MR) is 89.4 cm³/mol. The van der Waals surface area contributed by atoms with Crippen molar-refractivity contribution in [3.8, 4) is 0 Å². The van der Waals surface area contributed by atoms with E-state index in [1.54, 1.807) is 0 Å². The predicted octanol–water partition coefficient (Wildman–Crippen LogP) is 5.83. The minimum atomic E-state index is 0.437. The third-order valence-electron chi connectivity index (χ3n) is 4.50. The van der Waals surface area contributed by atoms with E-state index in [2.05, 4.69) is 71.1 Å². The average molecular weight is 273 g/mol. The highest BCUT2D eigenvalue weighted by Gasteiger charge is 2.38. The van der Waals surface area contributed by atoms with Gasteiger partial charge in [-0.3, -0.25) is 0 Å². The SMILES string of the molecule is CC(C)c1ccccc1NC1CC(C)(C)CC(C)(C)C1. The normalized spacial score (nSPS) is 21.9. The summed E-state index contributed by atoms with van der Waals surface area (Å²) in [5.41, 5.74) is 3.65. The highest BCUT2D eigenvalue weighted by molar-refractivity contribution is 5.53. The topological polar surface area (TPSA) is 12.0 Å². The van der Waals surface area contributed by atoms with Crippen molar-refractivity contribution < 1.29 is 0 Å². The van der Waals surface area contributed by atoms with Gasteiger partial charge in [-0.1, -0.05) is 59.7 Å². The number of rotatable bonds is 3. The Bertz CT molecular complexity index is 441. The van der Waals surface area contributed by atoms with Gasteiger partial charge in [-0.25, -0.2) is 0 Å². The van der Waals surface area contributed by atoms with E-state index in [1.165, 1.54) is 30.5 Å². The van der Waals surface area contributed by atoms with E-state index in [0.29, 0.717) is 22.8 Å². The van der Waals surface area contributed by atoms with Crippen LogP contribution in [0.1, 0.15) is 72.3 Å². The fourth-order valence-electron chi connectivity index (χ4n) is 4.30. The molecule has 1 aliphatic carbocycles. The molecule has 1 heteroatoms. The highest BCUT2D eigenvalue weighted by Crippen LogP contribution is 2.46. The lowest BCUT2D eigenvalue weighted by Crippen LogP contribution is -2.40. The molecule has 1 fully saturated rings. The summed E-state index contributed by atoms with van der Waals surface area (Å²) >= 11 is 0. The van der Waals surface area contributed by atoms with E-state index < -0.39 is 0 Å². The Morgan fingerprint density at radius 2 is 1.55 bits per heavy atom. The molecule has 0 aromatic heterocycles. The largest absolute Gasteiger partial charge is 0.382 e. The molecule has 0 atom stereocenters. The zero-order valence-corrected chi connectivity index (χ0v) is 14.1. The van der Waals surface area contributed by atoms with Crippen LogP contribution in [0.2, 0.25) is 0 Å². The maximum atomic E-state index is 3.84. The van der Waals surface area contributed by atoms with Crippen LogP contribution in [-0.4, -0.2) is 6.04 Å². The Balaban J connectivity index is 2.18. The van der Waals surface area contributed by atoms with E-state index in [-0.39, 0.29) is 0 Å². The smallest absolute Gasteiger partial charge is 0.0377 e. The lowest BCUT2D eigenvalue weighted by molar-refractivity contribution is 0.105. The van der Waals surface area contributed by atoms with Gasteiger partial charge in [0.05, 0.1) is 0 Å². The zero-order chi connectivity index (χ0) is 15.0. The quantitative estimate of drug-likeness (QED) is 0.731. The third-order valence-corrected chi connectivity index (χ3v) is 4.50. The number of hydrogen-bond donors (Lipinski definition) is 1. The van der Waals surface area contributed by atoms with Gasteiger partial charge < -0.3 is 5.32 Å². The second-order valence-corrected chi connectivity index (χ2v) is 8.50. The van der Waals surface area contributed by atoms with Crippen LogP contribution in [0.25, 0.3) is 0 Å². The van der Waals surface area contributed by atoms with Gasteiger partial charge in [-0.15, -0.1) is 0 Å². The van der Waals surface area contributed by atoms with Crippen molar-refractivity contribution >= 4 is 5.69 Å². The van der Waals surface area contributed by atoms with Crippen LogP contribution in [0.4, 0.5) is 5.69 Å². The lowest BCUT2D eigenvalue weighted by Gasteiger charge is -2.45. The molecule has 1 nitrogen and oxygen atoms in total. The van der Waals surface area contributed by atoms with Crippen molar-refractivity contribution in [2.24, 2.45) is 10.8 Å². The third kappa shape index (κ3) is 3.77. The fraction of sp³-hybridized carbons (Fsp3) is 0.684. The molecule has 1 N–H and O–H groups in total. The fourth-order valence-corrected chi connectivity index (χ4v) is 4.30. The molecular weight excluding hydrogens is 242 g/mol. The van der Waals surface area contributed by atoms with Crippen molar-refractivity contribution in [3.05, 3.63) is 29.8 Å². The minimum absolute atomic E-state index is 0.437. The number of anilines is 1. The molecule has 1 aromatic carbocycles. The molecular formula is C19H31N. The van der Waals surface area contributed by atoms with Gasteiger partial charge in [0.25, 0.3) is 0 Å². The van der Waals surface area contributed by atoms with Gasteiger partial charge in [0.15, 0.2) is 0 Å². The molecule has 0 spiro atoms. The second kappa shape index (κ2) is 5.42. The van der Waals surface area contributed by atoms with Crippen molar-refractivity contribution in [1.29, 1.82) is 0 Å². The van der Waals surface area contributed by atoms with Crippen LogP contribution >= 0.6 is 0 Å². The first kappa shape index (κ1) is 15.4. The number of hydrogen-bond acceptors (Lipinski definition) is 1. The molecule has 1 saturated carbocycles. The molecule has 20 heavy (non-hydrogen) atoms. The molecule has 0 amide bonds. The highest BCUT2D eigenvalue weighted by atomic mass is 14.9. The van der Waals surface area contributed by atoms with E-state index in [4.69, 9.17) is 0 Å². The summed E-state index contributed by atoms with van der Waals surface area (Å²) < 4.78 is 0. The molecule has 0 aliphatic heterocycles.